The second kappa shape index (κ2) is 4.78. The molecule has 4 nitrogen and oxygen atoms in total. The van der Waals surface area contributed by atoms with Gasteiger partial charge in [-0.1, -0.05) is 38.1 Å². The van der Waals surface area contributed by atoms with Crippen LogP contribution in [-0.2, 0) is 12.8 Å². The second-order valence-electron chi connectivity index (χ2n) is 5.69. The van der Waals surface area contributed by atoms with Crippen LogP contribution in [0.5, 0.6) is 0 Å². The number of hydrogen-bond donors (Lipinski definition) is 1. The van der Waals surface area contributed by atoms with E-state index < -0.39 is 5.97 Å². The Morgan fingerprint density at radius 2 is 2.20 bits per heavy atom. The lowest BCUT2D eigenvalue weighted by molar-refractivity contribution is 0.0658. The molecule has 0 bridgehead atoms. The number of carbonyl (C=O) groups is 1. The normalized spacial score (nSPS) is 16.9. The van der Waals surface area contributed by atoms with E-state index >= 15 is 0 Å². The number of carboxylic acids is 1. The number of fused-ring (bicyclic) bond motifs is 1. The number of oxazole rings is 1. The monoisotopic (exact) mass is 271 g/mol. The van der Waals surface area contributed by atoms with Gasteiger partial charge in [-0.25, -0.2) is 9.78 Å². The molecule has 1 unspecified atom stereocenters. The molecule has 2 aromatic rings. The fourth-order valence-electron chi connectivity index (χ4n) is 2.69. The van der Waals surface area contributed by atoms with Crippen molar-refractivity contribution in [3.63, 3.8) is 0 Å². The number of nitrogens with zero attached hydrogens (tertiary/aromatic N) is 1. The summed E-state index contributed by atoms with van der Waals surface area (Å²) in [5.74, 6) is -0.0493. The zero-order valence-corrected chi connectivity index (χ0v) is 11.6. The molecule has 4 heteroatoms. The van der Waals surface area contributed by atoms with E-state index in [4.69, 9.17) is 4.42 Å². The average Bonchev–Trinajstić information content (AvgIpc) is 2.73. The number of rotatable bonds is 4. The van der Waals surface area contributed by atoms with Crippen LogP contribution in [0.2, 0.25) is 0 Å². The van der Waals surface area contributed by atoms with E-state index in [9.17, 15) is 9.90 Å². The summed E-state index contributed by atoms with van der Waals surface area (Å²) in [7, 11) is 0. The summed E-state index contributed by atoms with van der Waals surface area (Å²) in [4.78, 5) is 15.7. The highest BCUT2D eigenvalue weighted by molar-refractivity contribution is 5.85. The van der Waals surface area contributed by atoms with Crippen LogP contribution in [0, 0.1) is 5.92 Å². The Balaban J connectivity index is 1.94. The summed E-state index contributed by atoms with van der Waals surface area (Å²) in [6.45, 7) is 4.08. The first kappa shape index (κ1) is 12.9. The van der Waals surface area contributed by atoms with Gasteiger partial charge in [-0.15, -0.1) is 0 Å². The van der Waals surface area contributed by atoms with Crippen molar-refractivity contribution in [3.05, 3.63) is 52.7 Å². The van der Waals surface area contributed by atoms with Crippen molar-refractivity contribution in [2.45, 2.75) is 32.6 Å². The van der Waals surface area contributed by atoms with Crippen LogP contribution in [0.3, 0.4) is 0 Å². The first-order valence-corrected chi connectivity index (χ1v) is 6.87. The first-order chi connectivity index (χ1) is 9.56. The number of aromatic carboxylic acids is 1. The molecule has 104 valence electrons. The Morgan fingerprint density at radius 1 is 1.45 bits per heavy atom. The van der Waals surface area contributed by atoms with Crippen molar-refractivity contribution in [1.29, 1.82) is 0 Å². The smallest absolute Gasteiger partial charge is 0.373 e. The maximum atomic E-state index is 11.3. The molecule has 1 heterocycles. The molecule has 3 rings (SSSR count). The highest BCUT2D eigenvalue weighted by Crippen LogP contribution is 2.40. The minimum absolute atomic E-state index is 0.00178. The Morgan fingerprint density at radius 3 is 2.85 bits per heavy atom. The van der Waals surface area contributed by atoms with Crippen molar-refractivity contribution in [2.24, 2.45) is 5.92 Å². The third-order valence-electron chi connectivity index (χ3n) is 3.66. The highest BCUT2D eigenvalue weighted by atomic mass is 16.4. The third-order valence-corrected chi connectivity index (χ3v) is 3.66. The first-order valence-electron chi connectivity index (χ1n) is 6.87. The Labute approximate surface area is 117 Å². The Kier molecular flexibility index (Phi) is 3.08. The Bertz CT molecular complexity index is 657. The van der Waals surface area contributed by atoms with Crippen LogP contribution >= 0.6 is 0 Å². The zero-order valence-electron chi connectivity index (χ0n) is 11.6. The summed E-state index contributed by atoms with van der Waals surface area (Å²) in [6, 6.07) is 8.14. The standard InChI is InChI=1S/C16H17NO3/c1-9(2)7-13-14(16(18)19)20-15(17-13)12-8-10-5-3-4-6-11(10)12/h3-6,9,12H,7-8H2,1-2H3,(H,18,19). The van der Waals surface area contributed by atoms with Crippen LogP contribution in [0.4, 0.5) is 0 Å². The van der Waals surface area contributed by atoms with E-state index in [1.54, 1.807) is 0 Å². The fraction of sp³-hybridized carbons (Fsp3) is 0.375. The summed E-state index contributed by atoms with van der Waals surface area (Å²) in [5, 5.41) is 9.23. The predicted molar refractivity (Wildman–Crippen MR) is 74.0 cm³/mol. The van der Waals surface area contributed by atoms with Gasteiger partial charge in [-0.3, -0.25) is 0 Å². The maximum absolute atomic E-state index is 11.3. The molecule has 1 aliphatic carbocycles. The van der Waals surface area contributed by atoms with Crippen molar-refractivity contribution in [1.82, 2.24) is 4.98 Å². The molecule has 20 heavy (non-hydrogen) atoms. The minimum atomic E-state index is -1.04. The van der Waals surface area contributed by atoms with E-state index in [1.165, 1.54) is 11.1 Å². The number of hydrogen-bond acceptors (Lipinski definition) is 3. The SMILES string of the molecule is CC(C)Cc1nc(C2Cc3ccccc32)oc1C(=O)O. The van der Waals surface area contributed by atoms with Crippen LogP contribution in [-0.4, -0.2) is 16.1 Å². The molecule has 0 saturated carbocycles. The van der Waals surface area contributed by atoms with Gasteiger partial charge in [0.25, 0.3) is 0 Å². The summed E-state index contributed by atoms with van der Waals surface area (Å²) in [6.07, 6.45) is 1.50. The molecule has 1 aliphatic rings. The molecular weight excluding hydrogens is 254 g/mol. The fourth-order valence-corrected chi connectivity index (χ4v) is 2.69. The Hall–Kier alpha value is -2.10. The van der Waals surface area contributed by atoms with Crippen LogP contribution in [0.25, 0.3) is 0 Å². The molecule has 1 atom stereocenters. The van der Waals surface area contributed by atoms with Crippen LogP contribution in [0.15, 0.2) is 28.7 Å². The molecule has 0 fully saturated rings. The maximum Gasteiger partial charge on any atom is 0.373 e. The van der Waals surface area contributed by atoms with E-state index in [1.807, 2.05) is 26.0 Å². The minimum Gasteiger partial charge on any atom is -0.475 e. The number of carboxylic acid groups (broad SMARTS) is 1. The lowest BCUT2D eigenvalue weighted by Crippen LogP contribution is -2.18. The molecule has 0 spiro atoms. The van der Waals surface area contributed by atoms with Crippen molar-refractivity contribution >= 4 is 5.97 Å². The predicted octanol–water partition coefficient (Wildman–Crippen LogP) is 3.26. The average molecular weight is 271 g/mol. The molecule has 0 saturated heterocycles. The van der Waals surface area contributed by atoms with E-state index in [0.29, 0.717) is 23.9 Å². The van der Waals surface area contributed by atoms with Gasteiger partial charge >= 0.3 is 5.97 Å². The molecule has 0 aliphatic heterocycles. The largest absolute Gasteiger partial charge is 0.475 e. The third kappa shape index (κ3) is 2.11. The summed E-state index contributed by atoms with van der Waals surface area (Å²) in [5.41, 5.74) is 3.05. The molecule has 1 aromatic heterocycles. The van der Waals surface area contributed by atoms with Gasteiger partial charge in [-0.2, -0.15) is 0 Å². The van der Waals surface area contributed by atoms with Gasteiger partial charge in [0.15, 0.2) is 0 Å². The van der Waals surface area contributed by atoms with Crippen molar-refractivity contribution in [2.75, 3.05) is 0 Å². The van der Waals surface area contributed by atoms with Gasteiger partial charge in [0, 0.05) is 0 Å². The van der Waals surface area contributed by atoms with Crippen LogP contribution in [0.1, 0.15) is 53.0 Å². The van der Waals surface area contributed by atoms with Crippen molar-refractivity contribution < 1.29 is 14.3 Å². The molecule has 0 radical (unpaired) electrons. The van der Waals surface area contributed by atoms with Gasteiger partial charge in [0.2, 0.25) is 11.7 Å². The molecular formula is C16H17NO3. The molecule has 0 amide bonds. The van der Waals surface area contributed by atoms with Crippen molar-refractivity contribution in [3.8, 4) is 0 Å². The van der Waals surface area contributed by atoms with Gasteiger partial charge in [-0.05, 0) is 29.9 Å². The molecule has 1 aromatic carbocycles. The lowest BCUT2D eigenvalue weighted by Gasteiger charge is -2.27. The van der Waals surface area contributed by atoms with Gasteiger partial charge in [0.05, 0.1) is 11.6 Å². The van der Waals surface area contributed by atoms with E-state index in [-0.39, 0.29) is 11.7 Å². The summed E-state index contributed by atoms with van der Waals surface area (Å²) < 4.78 is 5.53. The molecule has 1 N–H and O–H groups in total. The van der Waals surface area contributed by atoms with Gasteiger partial charge in [0.1, 0.15) is 0 Å². The highest BCUT2D eigenvalue weighted by Gasteiger charge is 2.33. The van der Waals surface area contributed by atoms with Crippen LogP contribution < -0.4 is 0 Å². The summed E-state index contributed by atoms with van der Waals surface area (Å²) >= 11 is 0. The zero-order chi connectivity index (χ0) is 14.3. The van der Waals surface area contributed by atoms with E-state index in [2.05, 4.69) is 17.1 Å². The topological polar surface area (TPSA) is 63.3 Å². The quantitative estimate of drug-likeness (QED) is 0.927. The van der Waals surface area contributed by atoms with E-state index in [0.717, 1.165) is 6.42 Å². The number of benzene rings is 1. The lowest BCUT2D eigenvalue weighted by atomic mass is 9.77. The van der Waals surface area contributed by atoms with Gasteiger partial charge < -0.3 is 9.52 Å². The second-order valence-corrected chi connectivity index (χ2v) is 5.69. The number of aromatic nitrogens is 1.